The number of hydrogen-bond donors (Lipinski definition) is 0. The summed E-state index contributed by atoms with van der Waals surface area (Å²) in [6.45, 7) is 7.04. The van der Waals surface area contributed by atoms with Gasteiger partial charge >= 0.3 is 0 Å². The summed E-state index contributed by atoms with van der Waals surface area (Å²) in [6.07, 6.45) is 10.1. The van der Waals surface area contributed by atoms with Crippen molar-refractivity contribution in [3.8, 4) is 0 Å². The lowest BCUT2D eigenvalue weighted by molar-refractivity contribution is 0.145. The highest BCUT2D eigenvalue weighted by molar-refractivity contribution is 6.71. The van der Waals surface area contributed by atoms with Crippen molar-refractivity contribution < 1.29 is 4.43 Å². The van der Waals surface area contributed by atoms with Gasteiger partial charge in [0.15, 0.2) is 8.32 Å². The quantitative estimate of drug-likeness (QED) is 0.619. The summed E-state index contributed by atoms with van der Waals surface area (Å²) in [4.78, 5) is 0. The molecule has 1 aliphatic carbocycles. The van der Waals surface area contributed by atoms with Crippen LogP contribution in [0.2, 0.25) is 19.1 Å². The van der Waals surface area contributed by atoms with Gasteiger partial charge in [0.2, 0.25) is 0 Å². The van der Waals surface area contributed by atoms with Crippen molar-refractivity contribution in [3.63, 3.8) is 0 Å². The molecule has 0 aromatic carbocycles. The van der Waals surface area contributed by atoms with Crippen molar-refractivity contribution in [2.24, 2.45) is 0 Å². The molecular formula is C12H26OSi. The van der Waals surface area contributed by atoms with Gasteiger partial charge in [-0.05, 0) is 32.0 Å². The Balaban J connectivity index is 2.25. The van der Waals surface area contributed by atoms with E-state index in [0.717, 1.165) is 0 Å². The summed E-state index contributed by atoms with van der Waals surface area (Å²) in [7, 11) is -1.31. The minimum atomic E-state index is -1.31. The van der Waals surface area contributed by atoms with Gasteiger partial charge in [0.05, 0.1) is 0 Å². The zero-order valence-electron chi connectivity index (χ0n) is 10.1. The molecule has 0 atom stereocenters. The van der Waals surface area contributed by atoms with Crippen LogP contribution in [-0.4, -0.2) is 14.4 Å². The van der Waals surface area contributed by atoms with E-state index in [2.05, 4.69) is 20.0 Å². The predicted octanol–water partition coefficient (Wildman–Crippen LogP) is 4.34. The van der Waals surface area contributed by atoms with Crippen molar-refractivity contribution in [3.05, 3.63) is 0 Å². The maximum atomic E-state index is 6.32. The van der Waals surface area contributed by atoms with Gasteiger partial charge in [0.1, 0.15) is 0 Å². The summed E-state index contributed by atoms with van der Waals surface area (Å²) in [5.74, 6) is 0. The third-order valence-corrected chi connectivity index (χ3v) is 5.70. The third kappa shape index (κ3) is 4.60. The van der Waals surface area contributed by atoms with Gasteiger partial charge < -0.3 is 4.43 Å². The van der Waals surface area contributed by atoms with Gasteiger partial charge in [-0.15, -0.1) is 0 Å². The Kier molecular flexibility index (Phi) is 5.17. The van der Waals surface area contributed by atoms with Crippen LogP contribution in [0.25, 0.3) is 0 Å². The average molecular weight is 214 g/mol. The van der Waals surface area contributed by atoms with E-state index >= 15 is 0 Å². The first-order chi connectivity index (χ1) is 6.64. The molecule has 1 fully saturated rings. The second-order valence-electron chi connectivity index (χ2n) is 5.24. The van der Waals surface area contributed by atoms with Crippen molar-refractivity contribution >= 4 is 8.32 Å². The van der Waals surface area contributed by atoms with Gasteiger partial charge in [-0.25, -0.2) is 0 Å². The summed E-state index contributed by atoms with van der Waals surface area (Å²) >= 11 is 0. The fourth-order valence-electron chi connectivity index (χ4n) is 2.30. The first-order valence-electron chi connectivity index (χ1n) is 6.32. The van der Waals surface area contributed by atoms with E-state index in [4.69, 9.17) is 4.43 Å². The standard InChI is InChI=1S/C12H26OSi/c1-4-5-11-14(2,3)13-12-9-7-6-8-10-12/h12H,4-11H2,1-3H3. The van der Waals surface area contributed by atoms with E-state index in [1.54, 1.807) is 0 Å². The molecule has 0 spiro atoms. The Morgan fingerprint density at radius 3 is 2.36 bits per heavy atom. The Hall–Kier alpha value is 0.177. The summed E-state index contributed by atoms with van der Waals surface area (Å²) in [5.41, 5.74) is 0. The molecule has 84 valence electrons. The topological polar surface area (TPSA) is 9.23 Å². The van der Waals surface area contributed by atoms with Gasteiger partial charge in [-0.2, -0.15) is 0 Å². The fraction of sp³-hybridized carbons (Fsp3) is 1.00. The van der Waals surface area contributed by atoms with Crippen molar-refractivity contribution in [2.45, 2.75) is 77.1 Å². The lowest BCUT2D eigenvalue weighted by Crippen LogP contribution is -2.36. The van der Waals surface area contributed by atoms with Crippen LogP contribution >= 0.6 is 0 Å². The van der Waals surface area contributed by atoms with Crippen LogP contribution in [0.5, 0.6) is 0 Å². The van der Waals surface area contributed by atoms with Crippen molar-refractivity contribution in [1.29, 1.82) is 0 Å². The van der Waals surface area contributed by atoms with Crippen LogP contribution in [0.1, 0.15) is 51.9 Å². The van der Waals surface area contributed by atoms with E-state index in [1.165, 1.54) is 51.0 Å². The Bertz CT molecular complexity index is 150. The molecule has 1 saturated carbocycles. The lowest BCUT2D eigenvalue weighted by Gasteiger charge is -2.31. The molecule has 0 unspecified atom stereocenters. The molecule has 2 heteroatoms. The van der Waals surface area contributed by atoms with Crippen molar-refractivity contribution in [2.75, 3.05) is 0 Å². The minimum absolute atomic E-state index is 0.613. The van der Waals surface area contributed by atoms with Crippen LogP contribution in [0.4, 0.5) is 0 Å². The van der Waals surface area contributed by atoms with E-state index in [1.807, 2.05) is 0 Å². The Morgan fingerprint density at radius 1 is 1.14 bits per heavy atom. The number of rotatable bonds is 5. The second-order valence-corrected chi connectivity index (χ2v) is 9.50. The first-order valence-corrected chi connectivity index (χ1v) is 9.43. The normalized spacial score (nSPS) is 19.9. The molecule has 1 aliphatic rings. The zero-order chi connectivity index (χ0) is 10.4. The first kappa shape index (κ1) is 12.2. The molecule has 1 nitrogen and oxygen atoms in total. The molecule has 0 aliphatic heterocycles. The molecule has 0 radical (unpaired) electrons. The van der Waals surface area contributed by atoms with Crippen molar-refractivity contribution in [1.82, 2.24) is 0 Å². The molecule has 0 amide bonds. The van der Waals surface area contributed by atoms with Crippen LogP contribution in [0.15, 0.2) is 0 Å². The smallest absolute Gasteiger partial charge is 0.187 e. The maximum absolute atomic E-state index is 6.32. The Labute approximate surface area is 90.4 Å². The Morgan fingerprint density at radius 2 is 1.79 bits per heavy atom. The average Bonchev–Trinajstić information content (AvgIpc) is 2.16. The van der Waals surface area contributed by atoms with Gasteiger partial charge in [-0.1, -0.05) is 39.0 Å². The highest BCUT2D eigenvalue weighted by atomic mass is 28.4. The van der Waals surface area contributed by atoms with Gasteiger partial charge in [0.25, 0.3) is 0 Å². The highest BCUT2D eigenvalue weighted by Crippen LogP contribution is 2.25. The summed E-state index contributed by atoms with van der Waals surface area (Å²) in [6, 6.07) is 1.35. The SMILES string of the molecule is CCCC[Si](C)(C)OC1CCCCC1. The summed E-state index contributed by atoms with van der Waals surface area (Å²) < 4.78 is 6.32. The lowest BCUT2D eigenvalue weighted by atomic mass is 9.98. The third-order valence-electron chi connectivity index (χ3n) is 3.17. The van der Waals surface area contributed by atoms with Crippen LogP contribution in [0, 0.1) is 0 Å². The van der Waals surface area contributed by atoms with Gasteiger partial charge in [-0.3, -0.25) is 0 Å². The molecular weight excluding hydrogens is 188 g/mol. The molecule has 0 N–H and O–H groups in total. The van der Waals surface area contributed by atoms with Crippen LogP contribution in [-0.2, 0) is 4.43 Å². The molecule has 0 bridgehead atoms. The van der Waals surface area contributed by atoms with Crippen LogP contribution in [0.3, 0.4) is 0 Å². The minimum Gasteiger partial charge on any atom is -0.414 e. The summed E-state index contributed by atoms with van der Waals surface area (Å²) in [5, 5.41) is 0. The van der Waals surface area contributed by atoms with Crippen LogP contribution < -0.4 is 0 Å². The predicted molar refractivity (Wildman–Crippen MR) is 65.2 cm³/mol. The zero-order valence-corrected chi connectivity index (χ0v) is 11.1. The largest absolute Gasteiger partial charge is 0.414 e. The monoisotopic (exact) mass is 214 g/mol. The number of hydrogen-bond acceptors (Lipinski definition) is 1. The van der Waals surface area contributed by atoms with E-state index < -0.39 is 8.32 Å². The maximum Gasteiger partial charge on any atom is 0.187 e. The molecule has 0 aromatic heterocycles. The molecule has 0 saturated heterocycles. The highest BCUT2D eigenvalue weighted by Gasteiger charge is 2.26. The van der Waals surface area contributed by atoms with E-state index in [0.29, 0.717) is 6.10 Å². The molecule has 0 aromatic rings. The second kappa shape index (κ2) is 5.91. The molecule has 0 heterocycles. The fourth-order valence-corrected chi connectivity index (χ4v) is 4.76. The van der Waals surface area contributed by atoms with E-state index in [-0.39, 0.29) is 0 Å². The molecule has 14 heavy (non-hydrogen) atoms. The van der Waals surface area contributed by atoms with Gasteiger partial charge in [0, 0.05) is 6.10 Å². The van der Waals surface area contributed by atoms with E-state index in [9.17, 15) is 0 Å². The number of unbranched alkanes of at least 4 members (excludes halogenated alkanes) is 1. The molecule has 1 rings (SSSR count).